The number of hydrogen-bond acceptors (Lipinski definition) is 3. The first-order valence-corrected chi connectivity index (χ1v) is 9.86. The van der Waals surface area contributed by atoms with Crippen LogP contribution in [0.2, 0.25) is 0 Å². The zero-order chi connectivity index (χ0) is 16.3. The topological polar surface area (TPSA) is 61.8 Å². The molecule has 23 heavy (non-hydrogen) atoms. The third-order valence-electron chi connectivity index (χ3n) is 4.37. The van der Waals surface area contributed by atoms with E-state index in [1.54, 1.807) is 6.08 Å². The molecule has 1 atom stereocenters. The summed E-state index contributed by atoms with van der Waals surface area (Å²) in [6, 6.07) is 8.34. The van der Waals surface area contributed by atoms with E-state index in [0.717, 1.165) is 25.3 Å². The van der Waals surface area contributed by atoms with Crippen molar-refractivity contribution in [1.29, 1.82) is 0 Å². The zero-order valence-corrected chi connectivity index (χ0v) is 14.1. The normalized spacial score (nSPS) is 22.9. The molecule has 1 aromatic rings. The van der Waals surface area contributed by atoms with E-state index in [1.165, 1.54) is 11.3 Å². The van der Waals surface area contributed by atoms with Crippen LogP contribution in [0.5, 0.6) is 0 Å². The van der Waals surface area contributed by atoms with Crippen molar-refractivity contribution in [3.63, 3.8) is 0 Å². The Balaban J connectivity index is 1.76. The number of para-hydroxylation sites is 1. The molecule has 1 fully saturated rings. The molecule has 3 rings (SSSR count). The molecule has 124 valence electrons. The Labute approximate surface area is 138 Å². The lowest BCUT2D eigenvalue weighted by molar-refractivity contribution is 0.590. The summed E-state index contributed by atoms with van der Waals surface area (Å²) >= 11 is 0. The second-order valence-corrected chi connectivity index (χ2v) is 8.36. The van der Waals surface area contributed by atoms with Crippen molar-refractivity contribution < 1.29 is 8.42 Å². The fraction of sp³-hybridized carbons (Fsp3) is 0.471. The van der Waals surface area contributed by atoms with Gasteiger partial charge >= 0.3 is 0 Å². The summed E-state index contributed by atoms with van der Waals surface area (Å²) in [6.45, 7) is 5.83. The Morgan fingerprint density at radius 1 is 1.43 bits per heavy atom. The van der Waals surface area contributed by atoms with Gasteiger partial charge in [0.05, 0.1) is 11.5 Å². The quantitative estimate of drug-likeness (QED) is 0.517. The molecular formula is C17H23N3O2S. The highest BCUT2D eigenvalue weighted by Gasteiger charge is 2.28. The van der Waals surface area contributed by atoms with Gasteiger partial charge in [0, 0.05) is 25.3 Å². The van der Waals surface area contributed by atoms with Gasteiger partial charge in [-0.15, -0.1) is 6.58 Å². The SMILES string of the molecule is C=CCNC(=NCC1CCS(=O)(=O)C1)N1CCc2ccccc21. The number of hydrogen-bond donors (Lipinski definition) is 1. The fourth-order valence-electron chi connectivity index (χ4n) is 3.19. The maximum Gasteiger partial charge on any atom is 0.198 e. The Bertz CT molecular complexity index is 712. The number of rotatable bonds is 4. The van der Waals surface area contributed by atoms with Gasteiger partial charge in [-0.2, -0.15) is 0 Å². The van der Waals surface area contributed by atoms with Crippen LogP contribution in [0.25, 0.3) is 0 Å². The van der Waals surface area contributed by atoms with E-state index >= 15 is 0 Å². The highest BCUT2D eigenvalue weighted by atomic mass is 32.2. The number of anilines is 1. The van der Waals surface area contributed by atoms with Gasteiger partial charge in [0.25, 0.3) is 0 Å². The third-order valence-corrected chi connectivity index (χ3v) is 6.21. The third kappa shape index (κ3) is 3.75. The van der Waals surface area contributed by atoms with E-state index in [-0.39, 0.29) is 11.7 Å². The largest absolute Gasteiger partial charge is 0.352 e. The number of nitrogens with zero attached hydrogens (tertiary/aromatic N) is 2. The summed E-state index contributed by atoms with van der Waals surface area (Å²) in [5.74, 6) is 1.52. The van der Waals surface area contributed by atoms with Gasteiger partial charge < -0.3 is 10.2 Å². The van der Waals surface area contributed by atoms with Crippen molar-refractivity contribution in [3.05, 3.63) is 42.5 Å². The first-order valence-electron chi connectivity index (χ1n) is 8.04. The van der Waals surface area contributed by atoms with Gasteiger partial charge in [-0.25, -0.2) is 8.42 Å². The van der Waals surface area contributed by atoms with Crippen LogP contribution in [0.4, 0.5) is 5.69 Å². The van der Waals surface area contributed by atoms with Gasteiger partial charge in [0.2, 0.25) is 0 Å². The summed E-state index contributed by atoms with van der Waals surface area (Å²) in [6.07, 6.45) is 3.53. The van der Waals surface area contributed by atoms with Crippen LogP contribution >= 0.6 is 0 Å². The van der Waals surface area contributed by atoms with Crippen LogP contribution in [-0.2, 0) is 16.3 Å². The lowest BCUT2D eigenvalue weighted by atomic mass is 10.1. The number of guanidine groups is 1. The van der Waals surface area contributed by atoms with Crippen molar-refractivity contribution in [2.45, 2.75) is 12.8 Å². The number of nitrogens with one attached hydrogen (secondary N) is 1. The van der Waals surface area contributed by atoms with Crippen molar-refractivity contribution in [3.8, 4) is 0 Å². The Morgan fingerprint density at radius 3 is 3.00 bits per heavy atom. The molecule has 2 heterocycles. The Morgan fingerprint density at radius 2 is 2.26 bits per heavy atom. The number of fused-ring (bicyclic) bond motifs is 1. The van der Waals surface area contributed by atoms with Gasteiger partial charge in [-0.1, -0.05) is 24.3 Å². The molecule has 1 unspecified atom stereocenters. The van der Waals surface area contributed by atoms with Crippen LogP contribution in [0, 0.1) is 5.92 Å². The van der Waals surface area contributed by atoms with Gasteiger partial charge in [-0.3, -0.25) is 4.99 Å². The van der Waals surface area contributed by atoms with E-state index in [4.69, 9.17) is 4.99 Å². The molecule has 2 aliphatic heterocycles. The molecule has 0 aromatic heterocycles. The number of benzene rings is 1. The average Bonchev–Trinajstić information content (AvgIpc) is 3.11. The molecule has 0 amide bonds. The standard InChI is InChI=1S/C17H23N3O2S/c1-2-9-18-17(19-12-14-8-11-23(21,22)13-14)20-10-7-15-5-3-4-6-16(15)20/h2-6,14H,1,7-13H2,(H,18,19). The molecule has 0 radical (unpaired) electrons. The van der Waals surface area contributed by atoms with Gasteiger partial charge in [-0.05, 0) is 30.4 Å². The number of sulfone groups is 1. The predicted molar refractivity (Wildman–Crippen MR) is 94.8 cm³/mol. The van der Waals surface area contributed by atoms with E-state index in [0.29, 0.717) is 18.8 Å². The minimum atomic E-state index is -2.85. The smallest absolute Gasteiger partial charge is 0.198 e. The van der Waals surface area contributed by atoms with Crippen LogP contribution in [0.1, 0.15) is 12.0 Å². The van der Waals surface area contributed by atoms with Crippen molar-refractivity contribution in [1.82, 2.24) is 5.32 Å². The van der Waals surface area contributed by atoms with Gasteiger partial charge in [0.15, 0.2) is 15.8 Å². The van der Waals surface area contributed by atoms with E-state index < -0.39 is 9.84 Å². The molecule has 0 bridgehead atoms. The lowest BCUT2D eigenvalue weighted by Gasteiger charge is -2.22. The molecule has 0 spiro atoms. The fourth-order valence-corrected chi connectivity index (χ4v) is 5.04. The molecule has 1 saturated heterocycles. The molecule has 6 heteroatoms. The maximum absolute atomic E-state index is 11.6. The minimum Gasteiger partial charge on any atom is -0.352 e. The zero-order valence-electron chi connectivity index (χ0n) is 13.2. The molecule has 1 aromatic carbocycles. The number of aliphatic imine (C=N–C) groups is 1. The van der Waals surface area contributed by atoms with Crippen LogP contribution < -0.4 is 10.2 Å². The van der Waals surface area contributed by atoms with Crippen molar-refractivity contribution in [2.75, 3.05) is 36.0 Å². The Hall–Kier alpha value is -1.82. The summed E-state index contributed by atoms with van der Waals surface area (Å²) < 4.78 is 23.2. The lowest BCUT2D eigenvalue weighted by Crippen LogP contribution is -2.41. The van der Waals surface area contributed by atoms with Crippen LogP contribution in [0.15, 0.2) is 41.9 Å². The molecular weight excluding hydrogens is 310 g/mol. The highest BCUT2D eigenvalue weighted by Crippen LogP contribution is 2.27. The summed E-state index contributed by atoms with van der Waals surface area (Å²) in [5.41, 5.74) is 2.51. The van der Waals surface area contributed by atoms with Crippen molar-refractivity contribution in [2.24, 2.45) is 10.9 Å². The van der Waals surface area contributed by atoms with Crippen LogP contribution in [-0.4, -0.2) is 45.5 Å². The highest BCUT2D eigenvalue weighted by molar-refractivity contribution is 7.91. The Kier molecular flexibility index (Phi) is 4.71. The van der Waals surface area contributed by atoms with E-state index in [1.807, 2.05) is 6.07 Å². The average molecular weight is 333 g/mol. The van der Waals surface area contributed by atoms with Crippen LogP contribution in [0.3, 0.4) is 0 Å². The van der Waals surface area contributed by atoms with Crippen molar-refractivity contribution >= 4 is 21.5 Å². The molecule has 0 aliphatic carbocycles. The second-order valence-electron chi connectivity index (χ2n) is 6.13. The predicted octanol–water partition coefficient (Wildman–Crippen LogP) is 1.62. The summed E-state index contributed by atoms with van der Waals surface area (Å²) in [7, 11) is -2.85. The molecule has 0 saturated carbocycles. The molecule has 5 nitrogen and oxygen atoms in total. The summed E-state index contributed by atoms with van der Waals surface area (Å²) in [4.78, 5) is 6.89. The maximum atomic E-state index is 11.6. The first-order chi connectivity index (χ1) is 11.1. The van der Waals surface area contributed by atoms with Gasteiger partial charge in [0.1, 0.15) is 0 Å². The molecule has 1 N–H and O–H groups in total. The monoisotopic (exact) mass is 333 g/mol. The summed E-state index contributed by atoms with van der Waals surface area (Å²) in [5, 5.41) is 3.31. The van der Waals surface area contributed by atoms with E-state index in [2.05, 4.69) is 35.0 Å². The minimum absolute atomic E-state index is 0.137. The second kappa shape index (κ2) is 6.74. The first kappa shape index (κ1) is 16.1. The van der Waals surface area contributed by atoms with E-state index in [9.17, 15) is 8.42 Å². The molecule has 2 aliphatic rings.